The van der Waals surface area contributed by atoms with Crippen LogP contribution in [0, 0.1) is 0 Å². The minimum atomic E-state index is 0.000997. The Balaban J connectivity index is 1.41. The number of ketones is 1. The van der Waals surface area contributed by atoms with Crippen LogP contribution in [0.1, 0.15) is 47.6 Å². The summed E-state index contributed by atoms with van der Waals surface area (Å²) in [6.07, 6.45) is 1.90. The van der Waals surface area contributed by atoms with Crippen LogP contribution in [0.2, 0.25) is 0 Å². The summed E-state index contributed by atoms with van der Waals surface area (Å²) in [6.45, 7) is 2.30. The van der Waals surface area contributed by atoms with E-state index in [9.17, 15) is 9.59 Å². The summed E-state index contributed by atoms with van der Waals surface area (Å²) in [5.41, 5.74) is 3.51. The van der Waals surface area contributed by atoms with Gasteiger partial charge in [0.15, 0.2) is 5.78 Å². The van der Waals surface area contributed by atoms with E-state index in [4.69, 9.17) is 9.72 Å². The van der Waals surface area contributed by atoms with Crippen LogP contribution in [0.4, 0.5) is 0 Å². The summed E-state index contributed by atoms with van der Waals surface area (Å²) >= 11 is 1.54. The monoisotopic (exact) mass is 423 g/mol. The number of imidazole rings is 1. The molecular weight excluding hydrogens is 398 g/mol. The molecule has 1 amide bonds. The molecule has 156 valence electrons. The molecule has 0 radical (unpaired) electrons. The van der Waals surface area contributed by atoms with Gasteiger partial charge in [-0.3, -0.25) is 9.59 Å². The van der Waals surface area contributed by atoms with Crippen LogP contribution in [0.3, 0.4) is 0 Å². The number of aromatic nitrogens is 2. The number of Topliss-reactive ketones (excluding diaryl/α,β-unsaturated/α-hetero) is 1. The second-order valence-corrected chi connectivity index (χ2v) is 8.45. The topological polar surface area (TPSA) is 75.3 Å². The third-order valence-electron chi connectivity index (χ3n) is 5.47. The van der Waals surface area contributed by atoms with Crippen molar-refractivity contribution in [1.29, 1.82) is 0 Å². The maximum Gasteiger partial charge on any atom is 0.233 e. The molecule has 4 rings (SSSR count). The number of ether oxygens (including phenoxy) is 1. The van der Waals surface area contributed by atoms with E-state index in [1.54, 1.807) is 31.9 Å². The smallest absolute Gasteiger partial charge is 0.233 e. The third-order valence-corrected chi connectivity index (χ3v) is 6.43. The first-order chi connectivity index (χ1) is 14.6. The van der Waals surface area contributed by atoms with Gasteiger partial charge in [-0.2, -0.15) is 0 Å². The Bertz CT molecular complexity index is 1050. The van der Waals surface area contributed by atoms with Crippen molar-refractivity contribution in [1.82, 2.24) is 14.9 Å². The Kier molecular flexibility index (Phi) is 6.08. The second-order valence-electron chi connectivity index (χ2n) is 7.46. The number of para-hydroxylation sites is 2. The van der Waals surface area contributed by atoms with Gasteiger partial charge in [0, 0.05) is 23.4 Å². The fraction of sp³-hybridized carbons (Fsp3) is 0.348. The zero-order valence-corrected chi connectivity index (χ0v) is 18.0. The van der Waals surface area contributed by atoms with Gasteiger partial charge >= 0.3 is 0 Å². The molecule has 1 aliphatic rings. The van der Waals surface area contributed by atoms with Crippen molar-refractivity contribution in [3.05, 3.63) is 59.4 Å². The predicted molar refractivity (Wildman–Crippen MR) is 119 cm³/mol. The average molecular weight is 424 g/mol. The van der Waals surface area contributed by atoms with Gasteiger partial charge < -0.3 is 14.6 Å². The van der Waals surface area contributed by atoms with Crippen LogP contribution in [-0.2, 0) is 10.5 Å². The molecule has 1 atom stereocenters. The van der Waals surface area contributed by atoms with Gasteiger partial charge in [0.2, 0.25) is 5.91 Å². The van der Waals surface area contributed by atoms with E-state index in [1.165, 1.54) is 0 Å². The summed E-state index contributed by atoms with van der Waals surface area (Å²) in [4.78, 5) is 34.6. The van der Waals surface area contributed by atoms with Gasteiger partial charge in [0.1, 0.15) is 11.6 Å². The predicted octanol–water partition coefficient (Wildman–Crippen LogP) is 4.37. The molecule has 7 heteroatoms. The lowest BCUT2D eigenvalue weighted by Crippen LogP contribution is -2.32. The van der Waals surface area contributed by atoms with Crippen LogP contribution in [-0.4, -0.2) is 46.0 Å². The number of nitrogens with one attached hydrogen (secondary N) is 1. The molecule has 1 unspecified atom stereocenters. The highest BCUT2D eigenvalue weighted by Gasteiger charge is 2.31. The van der Waals surface area contributed by atoms with E-state index >= 15 is 0 Å². The maximum absolute atomic E-state index is 12.9. The van der Waals surface area contributed by atoms with Crippen LogP contribution >= 0.6 is 11.8 Å². The first kappa shape index (κ1) is 20.5. The Morgan fingerprint density at radius 2 is 2.10 bits per heavy atom. The van der Waals surface area contributed by atoms with Gasteiger partial charge in [-0.1, -0.05) is 12.1 Å². The number of benzene rings is 2. The first-order valence-corrected chi connectivity index (χ1v) is 11.2. The molecule has 1 fully saturated rings. The molecule has 2 aromatic carbocycles. The maximum atomic E-state index is 12.9. The fourth-order valence-electron chi connectivity index (χ4n) is 3.92. The van der Waals surface area contributed by atoms with Crippen LogP contribution in [0.25, 0.3) is 11.0 Å². The zero-order valence-electron chi connectivity index (χ0n) is 17.2. The molecule has 6 nitrogen and oxygen atoms in total. The largest absolute Gasteiger partial charge is 0.496 e. The van der Waals surface area contributed by atoms with Crippen molar-refractivity contribution in [2.75, 3.05) is 19.4 Å². The van der Waals surface area contributed by atoms with E-state index in [0.717, 1.165) is 47.6 Å². The highest BCUT2D eigenvalue weighted by Crippen LogP contribution is 2.32. The first-order valence-electron chi connectivity index (χ1n) is 10.1. The number of aromatic amines is 1. The SMILES string of the molecule is COc1ccc(C(C)=O)cc1CSCC(=O)N1CCCC1c1nc2ccccc2[nH]1. The number of H-pyrrole nitrogens is 1. The Morgan fingerprint density at radius 3 is 2.87 bits per heavy atom. The lowest BCUT2D eigenvalue weighted by Gasteiger charge is -2.23. The number of amides is 1. The van der Waals surface area contributed by atoms with Crippen molar-refractivity contribution < 1.29 is 14.3 Å². The zero-order chi connectivity index (χ0) is 21.1. The summed E-state index contributed by atoms with van der Waals surface area (Å²) in [7, 11) is 1.62. The number of nitrogens with zero attached hydrogens (tertiary/aromatic N) is 2. The van der Waals surface area contributed by atoms with Crippen molar-refractivity contribution in [3.8, 4) is 5.75 Å². The molecular formula is C23H25N3O3S. The molecule has 1 aromatic heterocycles. The van der Waals surface area contributed by atoms with Crippen molar-refractivity contribution in [2.24, 2.45) is 0 Å². The number of carbonyl (C=O) groups is 2. The number of methoxy groups -OCH3 is 1. The number of fused-ring (bicyclic) bond motifs is 1. The average Bonchev–Trinajstić information content (AvgIpc) is 3.40. The highest BCUT2D eigenvalue weighted by molar-refractivity contribution is 7.99. The molecule has 0 aliphatic carbocycles. The lowest BCUT2D eigenvalue weighted by molar-refractivity contribution is -0.129. The standard InChI is InChI=1S/C23H25N3O3S/c1-15(27)16-9-10-21(29-2)17(12-16)13-30-14-22(28)26-11-5-8-20(26)23-24-18-6-3-4-7-19(18)25-23/h3-4,6-7,9-10,12,20H,5,8,11,13-14H2,1-2H3,(H,24,25). The molecule has 0 bridgehead atoms. The van der Waals surface area contributed by atoms with Crippen LogP contribution < -0.4 is 4.74 Å². The quantitative estimate of drug-likeness (QED) is 0.571. The van der Waals surface area contributed by atoms with Gasteiger partial charge in [0.05, 0.1) is 29.9 Å². The van der Waals surface area contributed by atoms with E-state index < -0.39 is 0 Å². The van der Waals surface area contributed by atoms with Gasteiger partial charge in [0.25, 0.3) is 0 Å². The molecule has 1 saturated heterocycles. The molecule has 1 aliphatic heterocycles. The highest BCUT2D eigenvalue weighted by atomic mass is 32.2. The van der Waals surface area contributed by atoms with Gasteiger partial charge in [-0.05, 0) is 50.1 Å². The number of likely N-dealkylation sites (tertiary alicyclic amines) is 1. The van der Waals surface area contributed by atoms with Gasteiger partial charge in [-0.25, -0.2) is 4.98 Å². The molecule has 0 saturated carbocycles. The molecule has 2 heterocycles. The number of thioether (sulfide) groups is 1. The minimum Gasteiger partial charge on any atom is -0.496 e. The van der Waals surface area contributed by atoms with E-state index in [-0.39, 0.29) is 17.7 Å². The fourth-order valence-corrected chi connectivity index (χ4v) is 4.81. The summed E-state index contributed by atoms with van der Waals surface area (Å²) < 4.78 is 5.41. The molecule has 0 spiro atoms. The third kappa shape index (κ3) is 4.21. The van der Waals surface area contributed by atoms with Crippen molar-refractivity contribution in [3.63, 3.8) is 0 Å². The van der Waals surface area contributed by atoms with E-state index in [2.05, 4.69) is 4.98 Å². The Labute approximate surface area is 180 Å². The minimum absolute atomic E-state index is 0.000997. The number of rotatable bonds is 7. The van der Waals surface area contributed by atoms with Crippen LogP contribution in [0.5, 0.6) is 5.75 Å². The number of hydrogen-bond acceptors (Lipinski definition) is 5. The molecule has 30 heavy (non-hydrogen) atoms. The van der Waals surface area contributed by atoms with Crippen molar-refractivity contribution >= 4 is 34.5 Å². The van der Waals surface area contributed by atoms with Crippen LogP contribution in [0.15, 0.2) is 42.5 Å². The normalized spacial score (nSPS) is 16.2. The molecule has 3 aromatic rings. The lowest BCUT2D eigenvalue weighted by atomic mass is 10.1. The summed E-state index contributed by atoms with van der Waals surface area (Å²) in [5.74, 6) is 2.73. The van der Waals surface area contributed by atoms with Crippen molar-refractivity contribution in [2.45, 2.75) is 31.6 Å². The summed E-state index contributed by atoms with van der Waals surface area (Å²) in [5, 5.41) is 0. The number of hydrogen-bond donors (Lipinski definition) is 1. The van der Waals surface area contributed by atoms with Gasteiger partial charge in [-0.15, -0.1) is 11.8 Å². The Hall–Kier alpha value is -2.80. The number of carbonyl (C=O) groups excluding carboxylic acids is 2. The Morgan fingerprint density at radius 1 is 1.27 bits per heavy atom. The van der Waals surface area contributed by atoms with E-state index in [1.807, 2.05) is 41.3 Å². The summed E-state index contributed by atoms with van der Waals surface area (Å²) in [6, 6.07) is 13.4. The second kappa shape index (κ2) is 8.92. The molecule has 1 N–H and O–H groups in total. The van der Waals surface area contributed by atoms with E-state index in [0.29, 0.717) is 17.1 Å².